The number of para-hydroxylation sites is 1. The molecule has 0 aliphatic heterocycles. The summed E-state index contributed by atoms with van der Waals surface area (Å²) < 4.78 is 5.39. The van der Waals surface area contributed by atoms with E-state index >= 15 is 0 Å². The van der Waals surface area contributed by atoms with Crippen LogP contribution >= 0.6 is 11.6 Å². The number of hydrogen-bond donors (Lipinski definition) is 2. The second-order valence-electron chi connectivity index (χ2n) is 4.89. The van der Waals surface area contributed by atoms with E-state index < -0.39 is 5.91 Å². The molecule has 4 nitrogen and oxygen atoms in total. The second-order valence-corrected chi connectivity index (χ2v) is 5.30. The molecule has 2 N–H and O–H groups in total. The second kappa shape index (κ2) is 5.66. The van der Waals surface area contributed by atoms with Crippen molar-refractivity contribution < 1.29 is 9.21 Å². The Kier molecular flexibility index (Phi) is 3.69. The van der Waals surface area contributed by atoms with Crippen molar-refractivity contribution in [2.24, 2.45) is 0 Å². The van der Waals surface area contributed by atoms with Crippen LogP contribution in [0.1, 0.15) is 15.9 Å². The number of carbonyl (C=O) groups is 1. The van der Waals surface area contributed by atoms with Crippen LogP contribution in [0.2, 0.25) is 5.02 Å². The topological polar surface area (TPSA) is 66.1 Å². The van der Waals surface area contributed by atoms with Crippen LogP contribution in [0.3, 0.4) is 0 Å². The van der Waals surface area contributed by atoms with Gasteiger partial charge in [-0.05, 0) is 36.8 Å². The first kappa shape index (κ1) is 14.4. The van der Waals surface area contributed by atoms with E-state index in [1.54, 1.807) is 30.3 Å². The molecule has 0 unspecified atom stereocenters. The van der Waals surface area contributed by atoms with Gasteiger partial charge in [-0.3, -0.25) is 10.2 Å². The Morgan fingerprint density at radius 3 is 2.77 bits per heavy atom. The minimum absolute atomic E-state index is 0.170. The summed E-state index contributed by atoms with van der Waals surface area (Å²) in [5.74, 6) is -0.398. The number of nitrogens with one attached hydrogen (secondary N) is 2. The Hall–Kier alpha value is -2.59. The smallest absolute Gasteiger partial charge is 0.261 e. The molecule has 0 bridgehead atoms. The van der Waals surface area contributed by atoms with Crippen LogP contribution < -0.4 is 10.9 Å². The molecule has 5 heteroatoms. The van der Waals surface area contributed by atoms with Crippen LogP contribution in [0.4, 0.5) is 5.69 Å². The van der Waals surface area contributed by atoms with Crippen LogP contribution in [-0.2, 0) is 0 Å². The van der Waals surface area contributed by atoms with Gasteiger partial charge in [-0.2, -0.15) is 0 Å². The normalized spacial score (nSPS) is 10.6. The van der Waals surface area contributed by atoms with Gasteiger partial charge in [-0.1, -0.05) is 35.9 Å². The monoisotopic (exact) mass is 312 g/mol. The minimum Gasteiger partial charge on any atom is -0.438 e. The number of hydrogen-bond acceptors (Lipinski definition) is 3. The predicted molar refractivity (Wildman–Crippen MR) is 86.2 cm³/mol. The number of anilines is 1. The first-order valence-electron chi connectivity index (χ1n) is 6.70. The van der Waals surface area contributed by atoms with Crippen molar-refractivity contribution in [2.75, 3.05) is 5.32 Å². The van der Waals surface area contributed by atoms with E-state index in [0.29, 0.717) is 16.3 Å². The van der Waals surface area contributed by atoms with Crippen molar-refractivity contribution in [2.45, 2.75) is 6.92 Å². The Labute approximate surface area is 131 Å². The van der Waals surface area contributed by atoms with Gasteiger partial charge in [0.1, 0.15) is 11.1 Å². The lowest BCUT2D eigenvalue weighted by atomic mass is 10.1. The highest BCUT2D eigenvalue weighted by atomic mass is 35.5. The van der Waals surface area contributed by atoms with Crippen molar-refractivity contribution >= 4 is 34.2 Å². The Morgan fingerprint density at radius 2 is 1.95 bits per heavy atom. The van der Waals surface area contributed by atoms with Gasteiger partial charge in [0.2, 0.25) is 5.55 Å². The molecular weight excluding hydrogens is 300 g/mol. The molecule has 22 heavy (non-hydrogen) atoms. The Morgan fingerprint density at radius 1 is 1.18 bits per heavy atom. The number of fused-ring (bicyclic) bond motifs is 1. The standard InChI is InChI=1S/C17H13ClN2O2/c1-10-13(18)6-4-7-14(10)20-17(21)12-9-11-5-2-3-8-15(11)22-16(12)19/h2-9,19H,1H3,(H,20,21). The summed E-state index contributed by atoms with van der Waals surface area (Å²) in [5, 5.41) is 12.0. The third kappa shape index (κ3) is 2.61. The van der Waals surface area contributed by atoms with Gasteiger partial charge in [0.05, 0.1) is 0 Å². The van der Waals surface area contributed by atoms with Gasteiger partial charge >= 0.3 is 0 Å². The highest BCUT2D eigenvalue weighted by Crippen LogP contribution is 2.23. The van der Waals surface area contributed by atoms with Gasteiger partial charge in [-0.15, -0.1) is 0 Å². The fourth-order valence-electron chi connectivity index (χ4n) is 2.18. The molecule has 0 radical (unpaired) electrons. The minimum atomic E-state index is -0.398. The molecule has 0 aliphatic rings. The largest absolute Gasteiger partial charge is 0.438 e. The molecule has 110 valence electrons. The molecule has 0 aliphatic carbocycles. The van der Waals surface area contributed by atoms with Crippen LogP contribution in [0.25, 0.3) is 11.0 Å². The lowest BCUT2D eigenvalue weighted by Crippen LogP contribution is -2.21. The Balaban J connectivity index is 2.00. The molecule has 0 atom stereocenters. The van der Waals surface area contributed by atoms with Gasteiger partial charge in [0.15, 0.2) is 0 Å². The lowest BCUT2D eigenvalue weighted by Gasteiger charge is -2.09. The predicted octanol–water partition coefficient (Wildman–Crippen LogP) is 4.13. The number of rotatable bonds is 2. The van der Waals surface area contributed by atoms with Crippen molar-refractivity contribution in [3.05, 3.63) is 70.2 Å². The average Bonchev–Trinajstić information content (AvgIpc) is 2.51. The van der Waals surface area contributed by atoms with Gasteiger partial charge in [0.25, 0.3) is 5.91 Å². The molecule has 0 saturated heterocycles. The quantitative estimate of drug-likeness (QED) is 0.747. The van der Waals surface area contributed by atoms with Crippen LogP contribution in [0.15, 0.2) is 52.9 Å². The number of amides is 1. The number of benzene rings is 2. The summed E-state index contributed by atoms with van der Waals surface area (Å²) in [5.41, 5.74) is 1.98. The first-order valence-corrected chi connectivity index (χ1v) is 7.08. The zero-order valence-corrected chi connectivity index (χ0v) is 12.6. The maximum absolute atomic E-state index is 12.4. The van der Waals surface area contributed by atoms with E-state index in [9.17, 15) is 4.79 Å². The fourth-order valence-corrected chi connectivity index (χ4v) is 2.35. The van der Waals surface area contributed by atoms with Gasteiger partial charge in [0, 0.05) is 16.1 Å². The molecule has 3 rings (SSSR count). The summed E-state index contributed by atoms with van der Waals surface area (Å²) in [6.07, 6.45) is 0. The van der Waals surface area contributed by atoms with E-state index in [-0.39, 0.29) is 11.1 Å². The Bertz CT molecular complexity index is 931. The van der Waals surface area contributed by atoms with E-state index in [1.807, 2.05) is 25.1 Å². The molecule has 1 amide bonds. The molecule has 0 saturated carbocycles. The van der Waals surface area contributed by atoms with E-state index in [4.69, 9.17) is 21.4 Å². The first-order chi connectivity index (χ1) is 10.6. The third-order valence-electron chi connectivity index (χ3n) is 3.44. The van der Waals surface area contributed by atoms with Crippen LogP contribution in [0.5, 0.6) is 0 Å². The van der Waals surface area contributed by atoms with Crippen molar-refractivity contribution in [1.29, 1.82) is 5.41 Å². The summed E-state index contributed by atoms with van der Waals surface area (Å²) >= 11 is 6.05. The molecule has 1 aromatic heterocycles. The molecular formula is C17H13ClN2O2. The zero-order chi connectivity index (χ0) is 15.7. The molecule has 0 fully saturated rings. The van der Waals surface area contributed by atoms with Crippen molar-refractivity contribution in [3.8, 4) is 0 Å². The average molecular weight is 313 g/mol. The SMILES string of the molecule is Cc1c(Cl)cccc1NC(=O)c1cc2ccccc2oc1=N. The molecule has 1 heterocycles. The lowest BCUT2D eigenvalue weighted by molar-refractivity contribution is 0.102. The zero-order valence-electron chi connectivity index (χ0n) is 11.8. The summed E-state index contributed by atoms with van der Waals surface area (Å²) in [6.45, 7) is 1.82. The number of carbonyl (C=O) groups excluding carboxylic acids is 1. The van der Waals surface area contributed by atoms with Gasteiger partial charge in [-0.25, -0.2) is 0 Å². The highest BCUT2D eigenvalue weighted by molar-refractivity contribution is 6.31. The summed E-state index contributed by atoms with van der Waals surface area (Å²) in [4.78, 5) is 12.4. The molecule has 0 spiro atoms. The molecule has 3 aromatic rings. The summed E-state index contributed by atoms with van der Waals surface area (Å²) in [6, 6.07) is 14.2. The molecule has 2 aromatic carbocycles. The maximum Gasteiger partial charge on any atom is 0.261 e. The van der Waals surface area contributed by atoms with Crippen LogP contribution in [0, 0.1) is 12.3 Å². The van der Waals surface area contributed by atoms with Crippen molar-refractivity contribution in [3.63, 3.8) is 0 Å². The summed E-state index contributed by atoms with van der Waals surface area (Å²) in [7, 11) is 0. The van der Waals surface area contributed by atoms with E-state index in [1.165, 1.54) is 0 Å². The van der Waals surface area contributed by atoms with E-state index in [0.717, 1.165) is 10.9 Å². The third-order valence-corrected chi connectivity index (χ3v) is 3.85. The van der Waals surface area contributed by atoms with Crippen LogP contribution in [-0.4, -0.2) is 5.91 Å². The van der Waals surface area contributed by atoms with Gasteiger partial charge < -0.3 is 9.73 Å². The fraction of sp³-hybridized carbons (Fsp3) is 0.0588. The van der Waals surface area contributed by atoms with E-state index in [2.05, 4.69) is 5.32 Å². The number of halogens is 1. The highest BCUT2D eigenvalue weighted by Gasteiger charge is 2.13. The van der Waals surface area contributed by atoms with Crippen molar-refractivity contribution in [1.82, 2.24) is 0 Å². The maximum atomic E-state index is 12.4.